The summed E-state index contributed by atoms with van der Waals surface area (Å²) >= 11 is 1.13. The fourth-order valence-electron chi connectivity index (χ4n) is 1.70. The van der Waals surface area contributed by atoms with E-state index in [1.54, 1.807) is 11.4 Å². The van der Waals surface area contributed by atoms with Crippen LogP contribution in [-0.4, -0.2) is 20.9 Å². The normalized spacial score (nSPS) is 11.3. The average molecular weight is 339 g/mol. The zero-order valence-electron chi connectivity index (χ0n) is 12.1. The summed E-state index contributed by atoms with van der Waals surface area (Å²) in [5.41, 5.74) is 2.04. The van der Waals surface area contributed by atoms with Crippen molar-refractivity contribution in [2.75, 3.05) is 6.54 Å². The maximum Gasteiger partial charge on any atom is 0.307 e. The highest BCUT2D eigenvalue weighted by Crippen LogP contribution is 2.15. The van der Waals surface area contributed by atoms with Crippen LogP contribution in [0.3, 0.4) is 0 Å². The minimum absolute atomic E-state index is 0.00351. The van der Waals surface area contributed by atoms with E-state index < -0.39 is 16.0 Å². The van der Waals surface area contributed by atoms with Crippen LogP contribution < -0.4 is 4.72 Å². The lowest BCUT2D eigenvalue weighted by molar-refractivity contribution is -0.144. The van der Waals surface area contributed by atoms with E-state index in [1.165, 1.54) is 6.07 Å². The van der Waals surface area contributed by atoms with Gasteiger partial charge < -0.3 is 4.74 Å². The van der Waals surface area contributed by atoms with Gasteiger partial charge in [0.1, 0.15) is 10.8 Å². The third-order valence-corrected chi connectivity index (χ3v) is 5.76. The fraction of sp³-hybridized carbons (Fsp3) is 0.267. The molecule has 1 aromatic carbocycles. The largest absolute Gasteiger partial charge is 0.461 e. The van der Waals surface area contributed by atoms with Gasteiger partial charge in [0, 0.05) is 6.54 Å². The average Bonchev–Trinajstić information content (AvgIpc) is 3.01. The number of benzene rings is 1. The Bertz CT molecular complexity index is 707. The first kappa shape index (κ1) is 16.7. The Balaban J connectivity index is 1.73. The minimum atomic E-state index is -3.52. The van der Waals surface area contributed by atoms with Crippen LogP contribution in [0, 0.1) is 6.92 Å². The van der Waals surface area contributed by atoms with Gasteiger partial charge in [-0.25, -0.2) is 13.1 Å². The molecule has 0 spiro atoms. The smallest absolute Gasteiger partial charge is 0.307 e. The van der Waals surface area contributed by atoms with Crippen LogP contribution in [0.2, 0.25) is 0 Å². The number of rotatable bonds is 7. The minimum Gasteiger partial charge on any atom is -0.461 e. The molecule has 118 valence electrons. The van der Waals surface area contributed by atoms with Gasteiger partial charge in [-0.1, -0.05) is 35.9 Å². The van der Waals surface area contributed by atoms with Crippen LogP contribution in [-0.2, 0) is 26.2 Å². The first-order valence-corrected chi connectivity index (χ1v) is 9.08. The molecule has 7 heteroatoms. The van der Waals surface area contributed by atoms with Crippen LogP contribution in [0.1, 0.15) is 17.5 Å². The number of carbonyl (C=O) groups is 1. The van der Waals surface area contributed by atoms with Gasteiger partial charge in [-0.3, -0.25) is 4.79 Å². The molecule has 0 saturated carbocycles. The third-order valence-electron chi connectivity index (χ3n) is 2.90. The molecule has 0 amide bonds. The third kappa shape index (κ3) is 4.94. The molecule has 22 heavy (non-hydrogen) atoms. The van der Waals surface area contributed by atoms with Crippen molar-refractivity contribution in [3.63, 3.8) is 0 Å². The fourth-order valence-corrected chi connectivity index (χ4v) is 3.76. The van der Waals surface area contributed by atoms with Gasteiger partial charge in [0.2, 0.25) is 10.0 Å². The van der Waals surface area contributed by atoms with E-state index in [0.29, 0.717) is 0 Å². The summed E-state index contributed by atoms with van der Waals surface area (Å²) in [4.78, 5) is 11.6. The van der Waals surface area contributed by atoms with Crippen molar-refractivity contribution in [3.05, 3.63) is 52.9 Å². The molecular formula is C15H17NO4S2. The molecule has 0 aliphatic heterocycles. The number of sulfonamides is 1. The van der Waals surface area contributed by atoms with Crippen molar-refractivity contribution < 1.29 is 17.9 Å². The summed E-state index contributed by atoms with van der Waals surface area (Å²) < 4.78 is 31.4. The van der Waals surface area contributed by atoms with Crippen LogP contribution in [0.15, 0.2) is 46.0 Å². The molecule has 1 N–H and O–H groups in total. The maximum atomic E-state index is 11.8. The molecule has 0 saturated heterocycles. The number of hydrogen-bond acceptors (Lipinski definition) is 5. The number of nitrogens with one attached hydrogen (secondary N) is 1. The molecule has 0 aliphatic rings. The highest BCUT2D eigenvalue weighted by molar-refractivity contribution is 7.91. The van der Waals surface area contributed by atoms with E-state index in [2.05, 4.69) is 4.72 Å². The van der Waals surface area contributed by atoms with Crippen molar-refractivity contribution in [2.45, 2.75) is 24.2 Å². The summed E-state index contributed by atoms with van der Waals surface area (Å²) in [6, 6.07) is 10.8. The first-order chi connectivity index (χ1) is 10.5. The molecule has 0 radical (unpaired) electrons. The summed E-state index contributed by atoms with van der Waals surface area (Å²) in [7, 11) is -3.52. The molecule has 0 fully saturated rings. The van der Waals surface area contributed by atoms with Crippen molar-refractivity contribution >= 4 is 27.3 Å². The number of hydrogen-bond donors (Lipinski definition) is 1. The van der Waals surface area contributed by atoms with Crippen LogP contribution in [0.25, 0.3) is 0 Å². The van der Waals surface area contributed by atoms with Gasteiger partial charge in [0.25, 0.3) is 0 Å². The lowest BCUT2D eigenvalue weighted by Gasteiger charge is -2.06. The van der Waals surface area contributed by atoms with E-state index >= 15 is 0 Å². The van der Waals surface area contributed by atoms with Gasteiger partial charge in [0.05, 0.1) is 6.42 Å². The van der Waals surface area contributed by atoms with Crippen LogP contribution in [0.4, 0.5) is 0 Å². The highest BCUT2D eigenvalue weighted by Gasteiger charge is 2.15. The summed E-state index contributed by atoms with van der Waals surface area (Å²) in [5, 5.41) is 1.68. The summed E-state index contributed by atoms with van der Waals surface area (Å²) in [6.07, 6.45) is -0.00351. The molecule has 0 bridgehead atoms. The van der Waals surface area contributed by atoms with Crippen LogP contribution in [0.5, 0.6) is 0 Å². The molecule has 2 aromatic rings. The molecular weight excluding hydrogens is 322 g/mol. The summed E-state index contributed by atoms with van der Waals surface area (Å²) in [6.45, 7) is 2.19. The van der Waals surface area contributed by atoms with Crippen molar-refractivity contribution in [1.29, 1.82) is 0 Å². The zero-order valence-corrected chi connectivity index (χ0v) is 13.7. The Morgan fingerprint density at radius 1 is 1.23 bits per heavy atom. The predicted octanol–water partition coefficient (Wildman–Crippen LogP) is 2.47. The van der Waals surface area contributed by atoms with Crippen LogP contribution >= 0.6 is 11.3 Å². The molecule has 5 nitrogen and oxygen atoms in total. The molecule has 0 aliphatic carbocycles. The Morgan fingerprint density at radius 2 is 1.95 bits per heavy atom. The lowest BCUT2D eigenvalue weighted by atomic mass is 10.2. The van der Waals surface area contributed by atoms with Crippen molar-refractivity contribution in [1.82, 2.24) is 4.72 Å². The molecule has 1 aromatic heterocycles. The van der Waals surface area contributed by atoms with E-state index in [1.807, 2.05) is 31.2 Å². The number of carbonyl (C=O) groups excluding carboxylic acids is 1. The van der Waals surface area contributed by atoms with E-state index in [9.17, 15) is 13.2 Å². The molecule has 0 unspecified atom stereocenters. The number of aryl methyl sites for hydroxylation is 1. The second-order valence-corrected chi connectivity index (χ2v) is 7.67. The Kier molecular flexibility index (Phi) is 5.70. The SMILES string of the molecule is Cc1ccc(COC(=O)CCNS(=O)(=O)c2cccs2)cc1. The second-order valence-electron chi connectivity index (χ2n) is 4.73. The second kappa shape index (κ2) is 7.53. The lowest BCUT2D eigenvalue weighted by Crippen LogP contribution is -2.26. The Labute approximate surface area is 134 Å². The zero-order chi connectivity index (χ0) is 16.0. The quantitative estimate of drug-likeness (QED) is 0.787. The van der Waals surface area contributed by atoms with Gasteiger partial charge in [-0.05, 0) is 23.9 Å². The van der Waals surface area contributed by atoms with Crippen molar-refractivity contribution in [3.8, 4) is 0 Å². The van der Waals surface area contributed by atoms with E-state index in [4.69, 9.17) is 4.74 Å². The number of ether oxygens (including phenoxy) is 1. The Hall–Kier alpha value is -1.70. The van der Waals surface area contributed by atoms with E-state index in [-0.39, 0.29) is 23.8 Å². The summed E-state index contributed by atoms with van der Waals surface area (Å²) in [5.74, 6) is -0.436. The Morgan fingerprint density at radius 3 is 2.59 bits per heavy atom. The van der Waals surface area contributed by atoms with Gasteiger partial charge >= 0.3 is 5.97 Å². The molecule has 1 heterocycles. The van der Waals surface area contributed by atoms with Gasteiger partial charge in [-0.15, -0.1) is 11.3 Å². The predicted molar refractivity (Wildman–Crippen MR) is 85.1 cm³/mol. The molecule has 2 rings (SSSR count). The van der Waals surface area contributed by atoms with Crippen molar-refractivity contribution in [2.24, 2.45) is 0 Å². The monoisotopic (exact) mass is 339 g/mol. The number of thiophene rings is 1. The maximum absolute atomic E-state index is 11.8. The van der Waals surface area contributed by atoms with Gasteiger partial charge in [-0.2, -0.15) is 0 Å². The number of esters is 1. The highest BCUT2D eigenvalue weighted by atomic mass is 32.2. The topological polar surface area (TPSA) is 72.5 Å². The van der Waals surface area contributed by atoms with E-state index in [0.717, 1.165) is 22.5 Å². The first-order valence-electron chi connectivity index (χ1n) is 6.72. The molecule has 0 atom stereocenters. The standard InChI is InChI=1S/C15H17NO4S2/c1-12-4-6-13(7-5-12)11-20-14(17)8-9-16-22(18,19)15-3-2-10-21-15/h2-7,10,16H,8-9,11H2,1H3. The van der Waals surface area contributed by atoms with Gasteiger partial charge in [0.15, 0.2) is 0 Å².